The van der Waals surface area contributed by atoms with Crippen LogP contribution in [-0.4, -0.2) is 25.9 Å². The fraction of sp³-hybridized carbons (Fsp3) is 0.714. The van der Waals surface area contributed by atoms with Crippen LogP contribution in [0.25, 0.3) is 0 Å². The van der Waals surface area contributed by atoms with Crippen LogP contribution in [0.2, 0.25) is 0 Å². The predicted octanol–water partition coefficient (Wildman–Crippen LogP) is 5.32. The molecule has 2 nitrogen and oxygen atoms in total. The van der Waals surface area contributed by atoms with Crippen LogP contribution < -0.4 is 0 Å². The second kappa shape index (κ2) is 10.8. The predicted molar refractivity (Wildman–Crippen MR) is 96.9 cm³/mol. The molecule has 0 aliphatic heterocycles. The van der Waals surface area contributed by atoms with E-state index in [1.807, 2.05) is 0 Å². The molecule has 1 fully saturated rings. The SMILES string of the molecule is CCCCOCCOC1CCC(CCc2ccc(C)cc2)CC1. The van der Waals surface area contributed by atoms with Gasteiger partial charge in [0, 0.05) is 6.61 Å². The summed E-state index contributed by atoms with van der Waals surface area (Å²) in [6.45, 7) is 6.75. The van der Waals surface area contributed by atoms with Crippen molar-refractivity contribution in [3.05, 3.63) is 35.4 Å². The quantitative estimate of drug-likeness (QED) is 0.544. The third kappa shape index (κ3) is 7.50. The molecule has 1 saturated carbocycles. The monoisotopic (exact) mass is 318 g/mol. The first-order valence-electron chi connectivity index (χ1n) is 9.52. The zero-order valence-electron chi connectivity index (χ0n) is 15.1. The van der Waals surface area contributed by atoms with Gasteiger partial charge in [-0.05, 0) is 63.4 Å². The highest BCUT2D eigenvalue weighted by atomic mass is 16.5. The molecule has 2 heteroatoms. The Kier molecular flexibility index (Phi) is 8.70. The number of hydrogen-bond acceptors (Lipinski definition) is 2. The highest BCUT2D eigenvalue weighted by Gasteiger charge is 2.21. The van der Waals surface area contributed by atoms with Crippen molar-refractivity contribution in [2.75, 3.05) is 19.8 Å². The number of ether oxygens (including phenoxy) is 2. The van der Waals surface area contributed by atoms with Crippen molar-refractivity contribution >= 4 is 0 Å². The first-order chi connectivity index (χ1) is 11.3. The van der Waals surface area contributed by atoms with E-state index < -0.39 is 0 Å². The second-order valence-corrected chi connectivity index (χ2v) is 7.00. The van der Waals surface area contributed by atoms with Crippen LogP contribution in [0, 0.1) is 12.8 Å². The Bertz CT molecular complexity index is 404. The molecular weight excluding hydrogens is 284 g/mol. The summed E-state index contributed by atoms with van der Waals surface area (Å²) in [4.78, 5) is 0. The minimum atomic E-state index is 0.473. The van der Waals surface area contributed by atoms with Gasteiger partial charge in [-0.2, -0.15) is 0 Å². The van der Waals surface area contributed by atoms with Crippen molar-refractivity contribution in [2.45, 2.75) is 71.3 Å². The fourth-order valence-corrected chi connectivity index (χ4v) is 3.33. The number of hydrogen-bond donors (Lipinski definition) is 0. The molecular formula is C21H34O2. The molecule has 0 spiro atoms. The van der Waals surface area contributed by atoms with E-state index >= 15 is 0 Å². The topological polar surface area (TPSA) is 18.5 Å². The Hall–Kier alpha value is -0.860. The second-order valence-electron chi connectivity index (χ2n) is 7.00. The molecule has 1 aromatic rings. The van der Waals surface area contributed by atoms with Crippen molar-refractivity contribution in [3.63, 3.8) is 0 Å². The summed E-state index contributed by atoms with van der Waals surface area (Å²) in [5.74, 6) is 0.886. The highest BCUT2D eigenvalue weighted by molar-refractivity contribution is 5.21. The molecule has 0 unspecified atom stereocenters. The summed E-state index contributed by atoms with van der Waals surface area (Å²) < 4.78 is 11.5. The third-order valence-corrected chi connectivity index (χ3v) is 4.98. The lowest BCUT2D eigenvalue weighted by Crippen LogP contribution is -2.23. The highest BCUT2D eigenvalue weighted by Crippen LogP contribution is 2.29. The van der Waals surface area contributed by atoms with E-state index in [9.17, 15) is 0 Å². The van der Waals surface area contributed by atoms with E-state index in [1.54, 1.807) is 0 Å². The van der Waals surface area contributed by atoms with Crippen molar-refractivity contribution in [3.8, 4) is 0 Å². The minimum Gasteiger partial charge on any atom is -0.379 e. The van der Waals surface area contributed by atoms with Gasteiger partial charge in [0.15, 0.2) is 0 Å². The molecule has 23 heavy (non-hydrogen) atoms. The van der Waals surface area contributed by atoms with E-state index in [0.29, 0.717) is 6.10 Å². The molecule has 1 aliphatic rings. The van der Waals surface area contributed by atoms with Gasteiger partial charge in [-0.15, -0.1) is 0 Å². The van der Waals surface area contributed by atoms with E-state index in [-0.39, 0.29) is 0 Å². The Morgan fingerprint density at radius 1 is 0.957 bits per heavy atom. The Labute approximate surface area is 142 Å². The summed E-state index contributed by atoms with van der Waals surface area (Å²) in [7, 11) is 0. The average molecular weight is 319 g/mol. The maximum atomic E-state index is 5.96. The average Bonchev–Trinajstić information content (AvgIpc) is 2.58. The lowest BCUT2D eigenvalue weighted by Gasteiger charge is -2.28. The fourth-order valence-electron chi connectivity index (χ4n) is 3.33. The molecule has 0 aromatic heterocycles. The number of aryl methyl sites for hydroxylation is 2. The zero-order valence-corrected chi connectivity index (χ0v) is 15.1. The van der Waals surface area contributed by atoms with Crippen LogP contribution in [0.5, 0.6) is 0 Å². The van der Waals surface area contributed by atoms with Gasteiger partial charge >= 0.3 is 0 Å². The van der Waals surface area contributed by atoms with Gasteiger partial charge < -0.3 is 9.47 Å². The number of benzene rings is 1. The smallest absolute Gasteiger partial charge is 0.0704 e. The normalized spacial score (nSPS) is 21.5. The molecule has 1 aliphatic carbocycles. The number of unbranched alkanes of at least 4 members (excludes halogenated alkanes) is 1. The molecule has 130 valence electrons. The summed E-state index contributed by atoms with van der Waals surface area (Å²) in [6.07, 6.45) is 10.5. The summed E-state index contributed by atoms with van der Waals surface area (Å²) in [5, 5.41) is 0. The zero-order chi connectivity index (χ0) is 16.3. The summed E-state index contributed by atoms with van der Waals surface area (Å²) in [6, 6.07) is 9.01. The van der Waals surface area contributed by atoms with Gasteiger partial charge in [-0.25, -0.2) is 0 Å². The van der Waals surface area contributed by atoms with Crippen LogP contribution in [0.3, 0.4) is 0 Å². The van der Waals surface area contributed by atoms with Gasteiger partial charge in [0.1, 0.15) is 0 Å². The molecule has 0 amide bonds. The first-order valence-corrected chi connectivity index (χ1v) is 9.52. The minimum absolute atomic E-state index is 0.473. The molecule has 0 heterocycles. The van der Waals surface area contributed by atoms with Gasteiger partial charge in [-0.3, -0.25) is 0 Å². The van der Waals surface area contributed by atoms with Crippen molar-refractivity contribution < 1.29 is 9.47 Å². The van der Waals surface area contributed by atoms with E-state index in [2.05, 4.69) is 38.1 Å². The lowest BCUT2D eigenvalue weighted by molar-refractivity contribution is -0.0171. The Morgan fingerprint density at radius 2 is 1.70 bits per heavy atom. The summed E-state index contributed by atoms with van der Waals surface area (Å²) in [5.41, 5.74) is 2.84. The molecule has 0 atom stereocenters. The van der Waals surface area contributed by atoms with Gasteiger partial charge in [0.25, 0.3) is 0 Å². The Morgan fingerprint density at radius 3 is 2.39 bits per heavy atom. The van der Waals surface area contributed by atoms with Crippen molar-refractivity contribution in [2.24, 2.45) is 5.92 Å². The van der Waals surface area contributed by atoms with Crippen LogP contribution in [0.1, 0.15) is 63.0 Å². The number of rotatable bonds is 10. The standard InChI is InChI=1S/C21H34O2/c1-3-4-15-22-16-17-23-21-13-11-20(12-14-21)10-9-19-7-5-18(2)6-8-19/h5-8,20-21H,3-4,9-17H2,1-2H3. The molecule has 1 aromatic carbocycles. The van der Waals surface area contributed by atoms with Gasteiger partial charge in [-0.1, -0.05) is 43.2 Å². The Balaban J connectivity index is 1.52. The van der Waals surface area contributed by atoms with E-state index in [4.69, 9.17) is 9.47 Å². The largest absolute Gasteiger partial charge is 0.379 e. The molecule has 0 N–H and O–H groups in total. The van der Waals surface area contributed by atoms with Crippen molar-refractivity contribution in [1.29, 1.82) is 0 Å². The first kappa shape index (κ1) is 18.5. The van der Waals surface area contributed by atoms with Crippen LogP contribution >= 0.6 is 0 Å². The van der Waals surface area contributed by atoms with Crippen LogP contribution in [0.15, 0.2) is 24.3 Å². The van der Waals surface area contributed by atoms with E-state index in [1.165, 1.54) is 56.1 Å². The van der Waals surface area contributed by atoms with Gasteiger partial charge in [0.2, 0.25) is 0 Å². The maximum absolute atomic E-state index is 5.96. The van der Waals surface area contributed by atoms with Gasteiger partial charge in [0.05, 0.1) is 19.3 Å². The lowest BCUT2D eigenvalue weighted by atomic mass is 9.83. The third-order valence-electron chi connectivity index (χ3n) is 4.98. The van der Waals surface area contributed by atoms with Crippen LogP contribution in [-0.2, 0) is 15.9 Å². The molecule has 0 saturated heterocycles. The van der Waals surface area contributed by atoms with Crippen molar-refractivity contribution in [1.82, 2.24) is 0 Å². The molecule has 0 radical (unpaired) electrons. The molecule has 0 bridgehead atoms. The maximum Gasteiger partial charge on any atom is 0.0704 e. The molecule has 2 rings (SSSR count). The van der Waals surface area contributed by atoms with Crippen LogP contribution in [0.4, 0.5) is 0 Å². The summed E-state index contributed by atoms with van der Waals surface area (Å²) >= 11 is 0. The van der Waals surface area contributed by atoms with E-state index in [0.717, 1.165) is 32.2 Å².